The molecule has 0 spiro atoms. The lowest BCUT2D eigenvalue weighted by Crippen LogP contribution is -1.98. The average Bonchev–Trinajstić information content (AvgIpc) is 2.46. The largest absolute Gasteiger partial charge is 0.478 e. The van der Waals surface area contributed by atoms with Gasteiger partial charge in [0, 0.05) is 0 Å². The number of carboxylic acid groups (broad SMARTS) is 2. The second kappa shape index (κ2) is 5.24. The third-order valence-corrected chi connectivity index (χ3v) is 2.83. The first-order chi connectivity index (χ1) is 9.52. The molecule has 0 bridgehead atoms. The van der Waals surface area contributed by atoms with Gasteiger partial charge < -0.3 is 10.2 Å². The zero-order chi connectivity index (χ0) is 14.7. The minimum atomic E-state index is -1.10. The van der Waals surface area contributed by atoms with Gasteiger partial charge in [0.05, 0.1) is 22.8 Å². The Morgan fingerprint density at radius 3 is 1.95 bits per heavy atom. The van der Waals surface area contributed by atoms with E-state index < -0.39 is 11.9 Å². The summed E-state index contributed by atoms with van der Waals surface area (Å²) in [4.78, 5) is 21.6. The van der Waals surface area contributed by atoms with Gasteiger partial charge in [-0.1, -0.05) is 18.2 Å². The van der Waals surface area contributed by atoms with E-state index in [0.717, 1.165) is 0 Å². The summed E-state index contributed by atoms with van der Waals surface area (Å²) < 4.78 is 0. The van der Waals surface area contributed by atoms with Gasteiger partial charge in [-0.25, -0.2) is 9.59 Å². The highest BCUT2D eigenvalue weighted by Gasteiger charge is 2.10. The van der Waals surface area contributed by atoms with Crippen LogP contribution in [-0.4, -0.2) is 22.2 Å². The van der Waals surface area contributed by atoms with Crippen molar-refractivity contribution in [2.45, 2.75) is 0 Å². The maximum Gasteiger partial charge on any atom is 0.335 e. The number of carboxylic acids is 2. The SMILES string of the molecule is N#Cc1cc(C(=O)O)ccc1-c1ccc(C(=O)O)cc1. The second-order valence-corrected chi connectivity index (χ2v) is 4.06. The molecule has 0 heterocycles. The number of hydrogen-bond donors (Lipinski definition) is 2. The van der Waals surface area contributed by atoms with E-state index in [-0.39, 0.29) is 16.7 Å². The molecule has 0 saturated heterocycles. The number of hydrogen-bond acceptors (Lipinski definition) is 3. The Hall–Kier alpha value is -3.13. The molecule has 5 heteroatoms. The Balaban J connectivity index is 2.50. The number of rotatable bonds is 3. The Morgan fingerprint density at radius 1 is 0.900 bits per heavy atom. The van der Waals surface area contributed by atoms with Gasteiger partial charge in [0.2, 0.25) is 0 Å². The molecule has 98 valence electrons. The molecule has 2 aromatic rings. The number of nitriles is 1. The maximum absolute atomic E-state index is 10.9. The Labute approximate surface area is 114 Å². The van der Waals surface area contributed by atoms with Crippen LogP contribution in [0.1, 0.15) is 26.3 Å². The van der Waals surface area contributed by atoms with E-state index in [1.165, 1.54) is 30.3 Å². The molecule has 20 heavy (non-hydrogen) atoms. The number of carbonyl (C=O) groups is 2. The first-order valence-electron chi connectivity index (χ1n) is 5.64. The quantitative estimate of drug-likeness (QED) is 0.890. The van der Waals surface area contributed by atoms with Crippen LogP contribution >= 0.6 is 0 Å². The molecule has 0 amide bonds. The number of aromatic carboxylic acids is 2. The summed E-state index contributed by atoms with van der Waals surface area (Å²) in [7, 11) is 0. The van der Waals surface area contributed by atoms with Crippen molar-refractivity contribution in [2.75, 3.05) is 0 Å². The van der Waals surface area contributed by atoms with Crippen LogP contribution < -0.4 is 0 Å². The fourth-order valence-corrected chi connectivity index (χ4v) is 1.81. The first kappa shape index (κ1) is 13.3. The Morgan fingerprint density at radius 2 is 1.45 bits per heavy atom. The highest BCUT2D eigenvalue weighted by molar-refractivity contribution is 5.90. The van der Waals surface area contributed by atoms with Crippen LogP contribution in [0, 0.1) is 11.3 Å². The lowest BCUT2D eigenvalue weighted by molar-refractivity contribution is 0.0686. The van der Waals surface area contributed by atoms with Crippen molar-refractivity contribution >= 4 is 11.9 Å². The highest BCUT2D eigenvalue weighted by atomic mass is 16.4. The lowest BCUT2D eigenvalue weighted by atomic mass is 9.97. The predicted octanol–water partition coefficient (Wildman–Crippen LogP) is 2.62. The summed E-state index contributed by atoms with van der Waals surface area (Å²) in [5, 5.41) is 26.8. The molecule has 0 atom stereocenters. The third kappa shape index (κ3) is 2.49. The summed E-state index contributed by atoms with van der Waals surface area (Å²) in [6.45, 7) is 0. The molecular formula is C15H9NO4. The van der Waals surface area contributed by atoms with E-state index in [4.69, 9.17) is 15.5 Å². The molecule has 0 aromatic heterocycles. The lowest BCUT2D eigenvalue weighted by Gasteiger charge is -2.06. The van der Waals surface area contributed by atoms with Crippen LogP contribution in [0.4, 0.5) is 0 Å². The molecule has 0 fully saturated rings. The van der Waals surface area contributed by atoms with Crippen LogP contribution in [0.5, 0.6) is 0 Å². The van der Waals surface area contributed by atoms with Crippen molar-refractivity contribution in [3.05, 3.63) is 59.2 Å². The van der Waals surface area contributed by atoms with Gasteiger partial charge in [-0.05, 0) is 35.4 Å². The standard InChI is InChI=1S/C15H9NO4/c16-8-12-7-11(15(19)20)5-6-13(12)9-1-3-10(4-2-9)14(17)18/h1-7H,(H,17,18)(H,19,20). The van der Waals surface area contributed by atoms with Gasteiger partial charge in [-0.3, -0.25) is 0 Å². The van der Waals surface area contributed by atoms with Crippen molar-refractivity contribution in [3.63, 3.8) is 0 Å². The van der Waals surface area contributed by atoms with Crippen LogP contribution in [0.25, 0.3) is 11.1 Å². The van der Waals surface area contributed by atoms with Gasteiger partial charge in [0.1, 0.15) is 0 Å². The molecule has 2 rings (SSSR count). The maximum atomic E-state index is 10.9. The van der Waals surface area contributed by atoms with E-state index in [2.05, 4.69) is 0 Å². The summed E-state index contributed by atoms with van der Waals surface area (Å²) in [5.74, 6) is -2.13. The van der Waals surface area contributed by atoms with E-state index in [0.29, 0.717) is 11.1 Å². The van der Waals surface area contributed by atoms with E-state index in [1.54, 1.807) is 12.1 Å². The van der Waals surface area contributed by atoms with E-state index >= 15 is 0 Å². The molecular weight excluding hydrogens is 258 g/mol. The number of benzene rings is 2. The zero-order valence-corrected chi connectivity index (χ0v) is 10.2. The van der Waals surface area contributed by atoms with Crippen molar-refractivity contribution < 1.29 is 19.8 Å². The molecule has 0 aliphatic carbocycles. The van der Waals surface area contributed by atoms with Gasteiger partial charge in [-0.15, -0.1) is 0 Å². The Kier molecular flexibility index (Phi) is 3.49. The normalized spacial score (nSPS) is 9.75. The van der Waals surface area contributed by atoms with Gasteiger partial charge in [0.25, 0.3) is 0 Å². The van der Waals surface area contributed by atoms with Gasteiger partial charge in [0.15, 0.2) is 0 Å². The molecule has 2 aromatic carbocycles. The monoisotopic (exact) mass is 267 g/mol. The van der Waals surface area contributed by atoms with Crippen LogP contribution in [0.3, 0.4) is 0 Å². The fraction of sp³-hybridized carbons (Fsp3) is 0. The molecule has 0 unspecified atom stereocenters. The highest BCUT2D eigenvalue weighted by Crippen LogP contribution is 2.25. The third-order valence-electron chi connectivity index (χ3n) is 2.83. The van der Waals surface area contributed by atoms with Crippen LogP contribution in [-0.2, 0) is 0 Å². The van der Waals surface area contributed by atoms with Crippen molar-refractivity contribution in [3.8, 4) is 17.2 Å². The molecule has 2 N–H and O–H groups in total. The van der Waals surface area contributed by atoms with Crippen molar-refractivity contribution in [2.24, 2.45) is 0 Å². The number of nitrogens with zero attached hydrogens (tertiary/aromatic N) is 1. The van der Waals surface area contributed by atoms with Gasteiger partial charge >= 0.3 is 11.9 Å². The minimum absolute atomic E-state index is 0.0347. The van der Waals surface area contributed by atoms with E-state index in [9.17, 15) is 9.59 Å². The summed E-state index contributed by atoms with van der Waals surface area (Å²) in [6.07, 6.45) is 0. The molecule has 0 aliphatic heterocycles. The molecule has 5 nitrogen and oxygen atoms in total. The van der Waals surface area contributed by atoms with Crippen LogP contribution in [0.2, 0.25) is 0 Å². The summed E-state index contributed by atoms with van der Waals surface area (Å²) >= 11 is 0. The minimum Gasteiger partial charge on any atom is -0.478 e. The molecule has 0 radical (unpaired) electrons. The molecule has 0 aliphatic rings. The topological polar surface area (TPSA) is 98.4 Å². The fourth-order valence-electron chi connectivity index (χ4n) is 1.81. The average molecular weight is 267 g/mol. The Bertz CT molecular complexity index is 727. The molecule has 0 saturated carbocycles. The van der Waals surface area contributed by atoms with Crippen molar-refractivity contribution in [1.82, 2.24) is 0 Å². The summed E-state index contributed by atoms with van der Waals surface area (Å²) in [6, 6.07) is 12.2. The van der Waals surface area contributed by atoms with Crippen LogP contribution in [0.15, 0.2) is 42.5 Å². The zero-order valence-electron chi connectivity index (χ0n) is 10.2. The van der Waals surface area contributed by atoms with E-state index in [1.807, 2.05) is 6.07 Å². The predicted molar refractivity (Wildman–Crippen MR) is 70.5 cm³/mol. The van der Waals surface area contributed by atoms with Gasteiger partial charge in [-0.2, -0.15) is 5.26 Å². The van der Waals surface area contributed by atoms with Crippen molar-refractivity contribution in [1.29, 1.82) is 5.26 Å². The first-order valence-corrected chi connectivity index (χ1v) is 5.64. The smallest absolute Gasteiger partial charge is 0.335 e. The second-order valence-electron chi connectivity index (χ2n) is 4.06. The summed E-state index contributed by atoms with van der Waals surface area (Å²) in [5.41, 5.74) is 1.63.